The number of ether oxygens (including phenoxy) is 1. The monoisotopic (exact) mass is 229 g/mol. The molecule has 0 spiro atoms. The van der Waals surface area contributed by atoms with Crippen LogP contribution in [0.2, 0.25) is 0 Å². The first kappa shape index (κ1) is 10.1. The summed E-state index contributed by atoms with van der Waals surface area (Å²) in [5.74, 6) is 0. The van der Waals surface area contributed by atoms with Gasteiger partial charge in [-0.3, -0.25) is 0 Å². The molecule has 0 amide bonds. The smallest absolute Gasteiger partial charge is 0.0603 e. The first-order valence-electron chi connectivity index (χ1n) is 6.73. The number of benzene rings is 1. The van der Waals surface area contributed by atoms with E-state index in [1.165, 1.54) is 24.8 Å². The lowest BCUT2D eigenvalue weighted by Gasteiger charge is -2.47. The predicted molar refractivity (Wildman–Crippen MR) is 67.1 cm³/mol. The van der Waals surface area contributed by atoms with Crippen LogP contribution in [0.15, 0.2) is 18.2 Å². The van der Waals surface area contributed by atoms with Gasteiger partial charge in [0.15, 0.2) is 0 Å². The minimum Gasteiger partial charge on any atom is -0.379 e. The summed E-state index contributed by atoms with van der Waals surface area (Å²) in [6.07, 6.45) is 6.14. The van der Waals surface area contributed by atoms with Gasteiger partial charge in [-0.1, -0.05) is 18.2 Å². The van der Waals surface area contributed by atoms with Crippen molar-refractivity contribution in [1.82, 2.24) is 0 Å². The van der Waals surface area contributed by atoms with Gasteiger partial charge in [0.1, 0.15) is 0 Å². The van der Waals surface area contributed by atoms with Crippen LogP contribution in [0, 0.1) is 0 Å². The van der Waals surface area contributed by atoms with Gasteiger partial charge in [0, 0.05) is 5.54 Å². The van der Waals surface area contributed by atoms with Gasteiger partial charge in [-0.2, -0.15) is 0 Å². The highest BCUT2D eigenvalue weighted by Gasteiger charge is 2.61. The fourth-order valence-corrected chi connectivity index (χ4v) is 3.53. The number of rotatable bonds is 2. The molecule has 0 unspecified atom stereocenters. The van der Waals surface area contributed by atoms with Crippen LogP contribution in [0.1, 0.15) is 36.0 Å². The lowest BCUT2D eigenvalue weighted by atomic mass is 9.70. The van der Waals surface area contributed by atoms with Crippen molar-refractivity contribution in [2.24, 2.45) is 5.73 Å². The Labute approximate surface area is 102 Å². The summed E-state index contributed by atoms with van der Waals surface area (Å²) in [5.41, 5.74) is 11.2. The van der Waals surface area contributed by atoms with Crippen molar-refractivity contribution in [2.45, 2.75) is 43.1 Å². The molecule has 1 heterocycles. The van der Waals surface area contributed by atoms with Crippen LogP contribution in [-0.2, 0) is 23.0 Å². The fraction of sp³-hybridized carbons (Fsp3) is 0.600. The van der Waals surface area contributed by atoms with Crippen molar-refractivity contribution < 1.29 is 4.74 Å². The summed E-state index contributed by atoms with van der Waals surface area (Å²) in [7, 11) is 0. The molecule has 1 aliphatic heterocycles. The van der Waals surface area contributed by atoms with E-state index in [-0.39, 0.29) is 11.0 Å². The molecule has 0 atom stereocenters. The van der Waals surface area contributed by atoms with Crippen LogP contribution < -0.4 is 5.73 Å². The van der Waals surface area contributed by atoms with Crippen LogP contribution in [0.25, 0.3) is 0 Å². The Bertz CT molecular complexity index is 472. The highest BCUT2D eigenvalue weighted by atomic mass is 16.5. The predicted octanol–water partition coefficient (Wildman–Crippen LogP) is 1.93. The number of aryl methyl sites for hydroxylation is 2. The van der Waals surface area contributed by atoms with E-state index in [9.17, 15) is 0 Å². The lowest BCUT2D eigenvalue weighted by molar-refractivity contribution is -0.0786. The second-order valence-corrected chi connectivity index (χ2v) is 6.07. The van der Waals surface area contributed by atoms with E-state index >= 15 is 0 Å². The number of nitrogens with two attached hydrogens (primary N) is 1. The summed E-state index contributed by atoms with van der Waals surface area (Å²) >= 11 is 0. The normalized spacial score (nSPS) is 27.4. The molecule has 2 aliphatic carbocycles. The Balaban J connectivity index is 1.78. The molecule has 2 heteroatoms. The molecule has 3 aliphatic rings. The first-order valence-corrected chi connectivity index (χ1v) is 6.73. The molecule has 1 saturated heterocycles. The van der Waals surface area contributed by atoms with Gasteiger partial charge in [0.05, 0.1) is 18.6 Å². The maximum absolute atomic E-state index is 6.48. The molecule has 17 heavy (non-hydrogen) atoms. The first-order chi connectivity index (χ1) is 8.24. The molecule has 2 N–H and O–H groups in total. The van der Waals surface area contributed by atoms with E-state index < -0.39 is 0 Å². The van der Waals surface area contributed by atoms with E-state index in [0.29, 0.717) is 0 Å². The van der Waals surface area contributed by atoms with Crippen LogP contribution in [0.5, 0.6) is 0 Å². The molecule has 2 fully saturated rings. The summed E-state index contributed by atoms with van der Waals surface area (Å²) in [6, 6.07) is 7.04. The molecular weight excluding hydrogens is 210 g/mol. The van der Waals surface area contributed by atoms with Crippen molar-refractivity contribution >= 4 is 0 Å². The third-order valence-corrected chi connectivity index (χ3v) is 5.09. The minimum absolute atomic E-state index is 0.0259. The largest absolute Gasteiger partial charge is 0.379 e. The van der Waals surface area contributed by atoms with Crippen molar-refractivity contribution in [1.29, 1.82) is 0 Å². The zero-order valence-electron chi connectivity index (χ0n) is 10.2. The third kappa shape index (κ3) is 1.23. The Morgan fingerprint density at radius 1 is 1.06 bits per heavy atom. The summed E-state index contributed by atoms with van der Waals surface area (Å²) in [4.78, 5) is 0. The molecule has 1 aromatic carbocycles. The minimum atomic E-state index is 0.0259. The molecule has 1 aromatic rings. The summed E-state index contributed by atoms with van der Waals surface area (Å²) < 4.78 is 5.50. The average Bonchev–Trinajstić information content (AvgIpc) is 2.84. The van der Waals surface area contributed by atoms with Gasteiger partial charge in [0.25, 0.3) is 0 Å². The Hall–Kier alpha value is -0.860. The Kier molecular flexibility index (Phi) is 1.85. The molecule has 0 bridgehead atoms. The maximum atomic E-state index is 6.48. The lowest BCUT2D eigenvalue weighted by Crippen LogP contribution is -2.60. The standard InChI is InChI=1S/C15H19NO/c16-15(6-7-15)14(9-17-10-14)13-5-4-11-2-1-3-12(11)8-13/h4-5,8H,1-3,6-7,9-10,16H2. The number of hydrogen-bond acceptors (Lipinski definition) is 2. The molecule has 2 nitrogen and oxygen atoms in total. The zero-order chi connectivity index (χ0) is 11.5. The van der Waals surface area contributed by atoms with Crippen molar-refractivity contribution in [3.63, 3.8) is 0 Å². The molecule has 0 aromatic heterocycles. The van der Waals surface area contributed by atoms with E-state index in [0.717, 1.165) is 26.1 Å². The van der Waals surface area contributed by atoms with E-state index in [1.807, 2.05) is 0 Å². The van der Waals surface area contributed by atoms with Crippen molar-refractivity contribution in [3.8, 4) is 0 Å². The van der Waals surface area contributed by atoms with Gasteiger partial charge in [0.2, 0.25) is 0 Å². The van der Waals surface area contributed by atoms with Gasteiger partial charge in [-0.15, -0.1) is 0 Å². The van der Waals surface area contributed by atoms with E-state index in [2.05, 4.69) is 18.2 Å². The maximum Gasteiger partial charge on any atom is 0.0603 e. The van der Waals surface area contributed by atoms with Gasteiger partial charge < -0.3 is 10.5 Å². The van der Waals surface area contributed by atoms with E-state index in [4.69, 9.17) is 10.5 Å². The van der Waals surface area contributed by atoms with Crippen LogP contribution in [-0.4, -0.2) is 18.8 Å². The molecule has 90 valence electrons. The SMILES string of the molecule is NC1(C2(c3ccc4c(c3)CCC4)COC2)CC1. The fourth-order valence-electron chi connectivity index (χ4n) is 3.53. The van der Waals surface area contributed by atoms with Crippen LogP contribution >= 0.6 is 0 Å². The number of hydrogen-bond donors (Lipinski definition) is 1. The molecule has 0 radical (unpaired) electrons. The second-order valence-electron chi connectivity index (χ2n) is 6.07. The molecule has 1 saturated carbocycles. The third-order valence-electron chi connectivity index (χ3n) is 5.09. The number of fused-ring (bicyclic) bond motifs is 1. The van der Waals surface area contributed by atoms with Gasteiger partial charge in [-0.05, 0) is 48.8 Å². The van der Waals surface area contributed by atoms with Crippen LogP contribution in [0.3, 0.4) is 0 Å². The molecular formula is C15H19NO. The van der Waals surface area contributed by atoms with Crippen LogP contribution in [0.4, 0.5) is 0 Å². The van der Waals surface area contributed by atoms with Crippen molar-refractivity contribution in [3.05, 3.63) is 34.9 Å². The van der Waals surface area contributed by atoms with Gasteiger partial charge >= 0.3 is 0 Å². The van der Waals surface area contributed by atoms with Gasteiger partial charge in [-0.25, -0.2) is 0 Å². The summed E-state index contributed by atoms with van der Waals surface area (Å²) in [5, 5.41) is 0. The quantitative estimate of drug-likeness (QED) is 0.841. The highest BCUT2D eigenvalue weighted by molar-refractivity contribution is 5.43. The zero-order valence-corrected chi connectivity index (χ0v) is 10.2. The van der Waals surface area contributed by atoms with Crippen molar-refractivity contribution in [2.75, 3.05) is 13.2 Å². The topological polar surface area (TPSA) is 35.2 Å². The molecule has 4 rings (SSSR count). The van der Waals surface area contributed by atoms with E-state index in [1.54, 1.807) is 11.1 Å². The Morgan fingerprint density at radius 3 is 2.47 bits per heavy atom. The Morgan fingerprint density at radius 2 is 1.82 bits per heavy atom. The average molecular weight is 229 g/mol. The second kappa shape index (κ2) is 3.12. The highest BCUT2D eigenvalue weighted by Crippen LogP contribution is 2.53. The summed E-state index contributed by atoms with van der Waals surface area (Å²) in [6.45, 7) is 1.64.